The van der Waals surface area contributed by atoms with E-state index in [9.17, 15) is 33.9 Å². The number of aliphatic carboxylic acids is 1. The van der Waals surface area contributed by atoms with Crippen LogP contribution in [0.5, 0.6) is 0 Å². The zero-order valence-corrected chi connectivity index (χ0v) is 35.2. The molecule has 0 aliphatic heterocycles. The number of H-pyrrole nitrogens is 1. The molecule has 0 fully saturated rings. The molecule has 0 saturated heterocycles. The normalized spacial score (nSPS) is 13.1. The smallest absolute Gasteiger partial charge is 0.408 e. The van der Waals surface area contributed by atoms with E-state index in [-0.39, 0.29) is 43.4 Å². The van der Waals surface area contributed by atoms with Crippen LogP contribution in [0, 0.1) is 11.8 Å². The molecule has 4 atom stereocenters. The van der Waals surface area contributed by atoms with Crippen LogP contribution in [-0.2, 0) is 52.9 Å². The lowest BCUT2D eigenvalue weighted by molar-refractivity contribution is -0.155. The molecule has 3 aromatic rings. The van der Waals surface area contributed by atoms with E-state index in [2.05, 4.69) is 31.2 Å². The number of rotatable bonds is 21. The summed E-state index contributed by atoms with van der Waals surface area (Å²) in [5.74, 6) is -3.74. The molecule has 1 heterocycles. The SMILES string of the molecule is CC(C)(C)OC(=O)CCCC[NH-].CC(C)C[C@H](NC(=O)[C@H](Cc1cnc[nH]1)NC(=O)[C@H](Cc1ccccc1)NC(=O)OCc1ccccc1)C(=O)N[C@H](C(=O)O)C(C)C. The van der Waals surface area contributed by atoms with Gasteiger partial charge in [-0.3, -0.25) is 19.2 Å². The number of esters is 1. The van der Waals surface area contributed by atoms with Crippen LogP contribution in [-0.4, -0.2) is 87.1 Å². The highest BCUT2D eigenvalue weighted by Crippen LogP contribution is 2.12. The van der Waals surface area contributed by atoms with E-state index in [4.69, 9.17) is 15.2 Å². The number of amides is 4. The summed E-state index contributed by atoms with van der Waals surface area (Å²) in [6.45, 7) is 13.0. The molecular weight excluding hydrogens is 759 g/mol. The summed E-state index contributed by atoms with van der Waals surface area (Å²) in [6.07, 6.45) is 4.43. The minimum absolute atomic E-state index is 0.00392. The van der Waals surface area contributed by atoms with Crippen molar-refractivity contribution < 1.29 is 43.3 Å². The highest BCUT2D eigenvalue weighted by Gasteiger charge is 2.33. The first kappa shape index (κ1) is 49.4. The molecule has 0 spiro atoms. The van der Waals surface area contributed by atoms with Crippen LogP contribution in [0.4, 0.5) is 4.79 Å². The van der Waals surface area contributed by atoms with Crippen LogP contribution in [0.1, 0.15) is 91.0 Å². The third kappa shape index (κ3) is 20.5. The van der Waals surface area contributed by atoms with Gasteiger partial charge in [0.1, 0.15) is 36.4 Å². The number of carbonyl (C=O) groups excluding carboxylic acids is 5. The fraction of sp³-hybridized carbons (Fsp3) is 0.512. The third-order valence-electron chi connectivity index (χ3n) is 8.51. The van der Waals surface area contributed by atoms with Crippen molar-refractivity contribution in [2.75, 3.05) is 6.54 Å². The van der Waals surface area contributed by atoms with Crippen LogP contribution < -0.4 is 21.3 Å². The van der Waals surface area contributed by atoms with Gasteiger partial charge in [0.25, 0.3) is 0 Å². The Bertz CT molecular complexity index is 1730. The van der Waals surface area contributed by atoms with Gasteiger partial charge < -0.3 is 46.6 Å². The number of nitrogens with one attached hydrogen (secondary N) is 6. The lowest BCUT2D eigenvalue weighted by Gasteiger charge is -2.27. The standard InChI is InChI=1S/C34H44N6O7.C9H18NO2/c1-21(2)15-26(32(43)40-29(22(3)4)33(44)45)37-31(42)28(17-25-18-35-20-36-25)38-30(41)27(16-23-11-7-5-8-12-23)39-34(46)47-19-24-13-9-6-10-14-24;1-9(2,3)12-8(11)6-4-5-7-10/h5-14,18,20-22,26-29H,15-17,19H2,1-4H3,(H,35,36)(H,37,42)(H,38,41)(H,39,46)(H,40,43)(H,44,45);10H,4-7H2,1-3H3/q;-1/t26-,27-,28-,29-;/m0./s1. The summed E-state index contributed by atoms with van der Waals surface area (Å²) in [7, 11) is 0. The van der Waals surface area contributed by atoms with Crippen molar-refractivity contribution >= 4 is 35.8 Å². The number of aromatic amines is 1. The molecule has 59 heavy (non-hydrogen) atoms. The maximum absolute atomic E-state index is 13.8. The third-order valence-corrected chi connectivity index (χ3v) is 8.51. The van der Waals surface area contributed by atoms with Crippen molar-refractivity contribution in [3.05, 3.63) is 95.7 Å². The predicted molar refractivity (Wildman–Crippen MR) is 223 cm³/mol. The van der Waals surface area contributed by atoms with Gasteiger partial charge in [0, 0.05) is 31.2 Å². The fourth-order valence-electron chi connectivity index (χ4n) is 5.59. The van der Waals surface area contributed by atoms with Crippen molar-refractivity contribution in [2.24, 2.45) is 11.8 Å². The second kappa shape index (κ2) is 25.6. The van der Waals surface area contributed by atoms with Crippen molar-refractivity contribution in [3.8, 4) is 0 Å². The summed E-state index contributed by atoms with van der Waals surface area (Å²) >= 11 is 0. The Morgan fingerprint density at radius 2 is 1.32 bits per heavy atom. The minimum Gasteiger partial charge on any atom is -0.677 e. The van der Waals surface area contributed by atoms with Crippen molar-refractivity contribution in [2.45, 2.75) is 123 Å². The molecule has 7 N–H and O–H groups in total. The molecule has 0 bridgehead atoms. The van der Waals surface area contributed by atoms with Gasteiger partial charge in [-0.05, 0) is 56.6 Å². The van der Waals surface area contributed by atoms with Crippen LogP contribution in [0.25, 0.3) is 5.73 Å². The number of hydrogen-bond donors (Lipinski definition) is 6. The average Bonchev–Trinajstić information content (AvgIpc) is 3.68. The van der Waals surface area contributed by atoms with Crippen molar-refractivity contribution in [3.63, 3.8) is 0 Å². The van der Waals surface area contributed by atoms with Gasteiger partial charge in [0.15, 0.2) is 0 Å². The quantitative estimate of drug-likeness (QED) is 0.0600. The highest BCUT2D eigenvalue weighted by atomic mass is 16.6. The molecule has 4 amide bonds. The van der Waals surface area contributed by atoms with Gasteiger partial charge in [-0.1, -0.05) is 94.8 Å². The average molecular weight is 821 g/mol. The molecule has 324 valence electrons. The molecule has 0 unspecified atom stereocenters. The van der Waals surface area contributed by atoms with Crippen LogP contribution in [0.15, 0.2) is 73.2 Å². The number of carboxylic acid groups (broad SMARTS) is 1. The number of nitrogens with zero attached hydrogens (tertiary/aromatic N) is 1. The van der Waals surface area contributed by atoms with E-state index in [1.54, 1.807) is 38.1 Å². The summed E-state index contributed by atoms with van der Waals surface area (Å²) in [4.78, 5) is 83.3. The number of carboxylic acids is 1. The molecule has 16 heteroatoms. The van der Waals surface area contributed by atoms with E-state index >= 15 is 0 Å². The largest absolute Gasteiger partial charge is 0.677 e. The molecule has 3 rings (SSSR count). The monoisotopic (exact) mass is 820 g/mol. The Hall–Kier alpha value is -5.77. The number of imidazole rings is 1. The maximum atomic E-state index is 13.8. The molecule has 0 radical (unpaired) electrons. The van der Waals surface area contributed by atoms with E-state index in [0.29, 0.717) is 18.7 Å². The van der Waals surface area contributed by atoms with Gasteiger partial charge >= 0.3 is 18.0 Å². The lowest BCUT2D eigenvalue weighted by atomic mass is 9.99. The number of aromatic nitrogens is 2. The second-order valence-electron chi connectivity index (χ2n) is 15.8. The lowest BCUT2D eigenvalue weighted by Crippen LogP contribution is -2.59. The predicted octanol–water partition coefficient (Wildman–Crippen LogP) is 5.28. The second-order valence-corrected chi connectivity index (χ2v) is 15.8. The number of unbranched alkanes of at least 4 members (excludes halogenated alkanes) is 1. The minimum atomic E-state index is -1.19. The summed E-state index contributed by atoms with van der Waals surface area (Å²) in [5, 5.41) is 20.2. The summed E-state index contributed by atoms with van der Waals surface area (Å²) in [6, 6.07) is 13.6. The number of alkyl carbamates (subject to hydrolysis) is 1. The molecule has 2 aromatic carbocycles. The van der Waals surface area contributed by atoms with Gasteiger partial charge in [-0.25, -0.2) is 14.6 Å². The first-order valence-corrected chi connectivity index (χ1v) is 19.9. The molecule has 1 aromatic heterocycles. The molecule has 16 nitrogen and oxygen atoms in total. The Balaban J connectivity index is 0.000000863. The van der Waals surface area contributed by atoms with E-state index in [1.807, 2.05) is 71.0 Å². The van der Waals surface area contributed by atoms with Crippen molar-refractivity contribution in [1.82, 2.24) is 31.2 Å². The summed E-state index contributed by atoms with van der Waals surface area (Å²) < 4.78 is 10.4. The Morgan fingerprint density at radius 1 is 0.763 bits per heavy atom. The first-order chi connectivity index (χ1) is 27.9. The Kier molecular flexibility index (Phi) is 21.4. The van der Waals surface area contributed by atoms with Gasteiger partial charge in [0.05, 0.1) is 6.33 Å². The van der Waals surface area contributed by atoms with Crippen molar-refractivity contribution in [1.29, 1.82) is 0 Å². The van der Waals surface area contributed by atoms with E-state index in [0.717, 1.165) is 24.0 Å². The maximum Gasteiger partial charge on any atom is 0.408 e. The zero-order chi connectivity index (χ0) is 44.0. The molecule has 0 aliphatic carbocycles. The topological polar surface area (TPSA) is 242 Å². The molecule has 0 aliphatic rings. The number of ether oxygens (including phenoxy) is 2. The fourth-order valence-corrected chi connectivity index (χ4v) is 5.59. The Labute approximate surface area is 347 Å². The van der Waals surface area contributed by atoms with Gasteiger partial charge in [0.2, 0.25) is 17.7 Å². The first-order valence-electron chi connectivity index (χ1n) is 19.9. The summed E-state index contributed by atoms with van der Waals surface area (Å²) in [5.41, 5.74) is 8.57. The molecular formula is C43H62N7O9-. The number of hydrogen-bond acceptors (Lipinski definition) is 9. The number of carbonyl (C=O) groups is 6. The number of benzene rings is 2. The van der Waals surface area contributed by atoms with Gasteiger partial charge in [-0.2, -0.15) is 6.54 Å². The van der Waals surface area contributed by atoms with Crippen LogP contribution >= 0.6 is 0 Å². The van der Waals surface area contributed by atoms with Gasteiger partial charge in [-0.15, -0.1) is 0 Å². The highest BCUT2D eigenvalue weighted by molar-refractivity contribution is 5.95. The molecule has 0 saturated carbocycles. The van der Waals surface area contributed by atoms with Crippen LogP contribution in [0.2, 0.25) is 0 Å². The van der Waals surface area contributed by atoms with E-state index in [1.165, 1.54) is 12.5 Å². The van der Waals surface area contributed by atoms with E-state index < -0.39 is 59.9 Å². The Morgan fingerprint density at radius 3 is 1.83 bits per heavy atom. The zero-order valence-electron chi connectivity index (χ0n) is 35.2. The van der Waals surface area contributed by atoms with Crippen LogP contribution in [0.3, 0.4) is 0 Å².